The van der Waals surface area contributed by atoms with E-state index in [1.807, 2.05) is 0 Å². The van der Waals surface area contributed by atoms with Gasteiger partial charge < -0.3 is 10.1 Å². The smallest absolute Gasteiger partial charge is 0.193 e. The lowest BCUT2D eigenvalue weighted by Crippen LogP contribution is -2.39. The van der Waals surface area contributed by atoms with Crippen molar-refractivity contribution >= 4 is 16.3 Å². The molecule has 1 N–H and O–H groups in total. The molecule has 0 amide bonds. The first-order valence-corrected chi connectivity index (χ1v) is 7.77. The fourth-order valence-electron chi connectivity index (χ4n) is 2.66. The molecule has 1 saturated heterocycles. The van der Waals surface area contributed by atoms with Gasteiger partial charge in [-0.05, 0) is 6.42 Å². The molecule has 0 bridgehead atoms. The molecule has 4 nitrogen and oxygen atoms in total. The van der Waals surface area contributed by atoms with Crippen LogP contribution in [0.4, 0.5) is 0 Å². The van der Waals surface area contributed by atoms with E-state index in [1.54, 1.807) is 11.3 Å². The Morgan fingerprint density at radius 3 is 3.16 bits per heavy atom. The third-order valence-electron chi connectivity index (χ3n) is 3.77. The maximum Gasteiger partial charge on any atom is 0.193 e. The average molecular weight is 279 g/mol. The third-order valence-corrected chi connectivity index (χ3v) is 4.54. The molecule has 0 spiro atoms. The van der Waals surface area contributed by atoms with Crippen LogP contribution in [0.2, 0.25) is 0 Å². The van der Waals surface area contributed by atoms with Gasteiger partial charge in [0.05, 0.1) is 12.3 Å². The number of nitrogens with zero attached hydrogens (tertiary/aromatic N) is 2. The van der Waals surface area contributed by atoms with Crippen LogP contribution in [0.5, 0.6) is 0 Å². The van der Waals surface area contributed by atoms with Crippen LogP contribution in [0.15, 0.2) is 17.8 Å². The zero-order valence-corrected chi connectivity index (χ0v) is 12.4. The molecule has 1 fully saturated rings. The summed E-state index contributed by atoms with van der Waals surface area (Å²) in [5, 5.41) is 5.63. The Kier molecular flexibility index (Phi) is 3.60. The molecule has 1 aliphatic rings. The van der Waals surface area contributed by atoms with Crippen LogP contribution in [-0.4, -0.2) is 35.2 Å². The van der Waals surface area contributed by atoms with Crippen LogP contribution >= 0.6 is 11.3 Å². The number of hydrogen-bond acceptors (Lipinski definition) is 4. The van der Waals surface area contributed by atoms with E-state index in [2.05, 4.69) is 41.3 Å². The minimum absolute atomic E-state index is 0.217. The summed E-state index contributed by atoms with van der Waals surface area (Å²) in [6, 6.07) is 0.517. The minimum atomic E-state index is 0.217. The molecule has 3 heterocycles. The Bertz CT molecular complexity index is 511. The van der Waals surface area contributed by atoms with Gasteiger partial charge in [0.25, 0.3) is 0 Å². The maximum absolute atomic E-state index is 5.65. The summed E-state index contributed by atoms with van der Waals surface area (Å²) in [6.45, 7) is 7.11. The van der Waals surface area contributed by atoms with Gasteiger partial charge in [0.2, 0.25) is 0 Å². The van der Waals surface area contributed by atoms with Gasteiger partial charge in [0.1, 0.15) is 0 Å². The lowest BCUT2D eigenvalue weighted by atomic mass is 9.82. The van der Waals surface area contributed by atoms with Gasteiger partial charge in [-0.25, -0.2) is 4.98 Å². The Balaban J connectivity index is 1.75. The Labute approximate surface area is 117 Å². The second-order valence-corrected chi connectivity index (χ2v) is 6.71. The third kappa shape index (κ3) is 2.83. The van der Waals surface area contributed by atoms with E-state index >= 15 is 0 Å². The van der Waals surface area contributed by atoms with E-state index in [-0.39, 0.29) is 5.41 Å². The molecule has 19 heavy (non-hydrogen) atoms. The molecule has 1 atom stereocenters. The summed E-state index contributed by atoms with van der Waals surface area (Å²) in [6.07, 6.45) is 6.35. The van der Waals surface area contributed by atoms with E-state index in [4.69, 9.17) is 9.72 Å². The van der Waals surface area contributed by atoms with Crippen molar-refractivity contribution in [2.75, 3.05) is 19.8 Å². The predicted octanol–water partition coefficient (Wildman–Crippen LogP) is 2.34. The zero-order chi connectivity index (χ0) is 13.3. The summed E-state index contributed by atoms with van der Waals surface area (Å²) >= 11 is 1.69. The molecule has 0 saturated carbocycles. The maximum atomic E-state index is 5.65. The lowest BCUT2D eigenvalue weighted by molar-refractivity contribution is 0.147. The highest BCUT2D eigenvalue weighted by molar-refractivity contribution is 7.15. The zero-order valence-electron chi connectivity index (χ0n) is 11.6. The molecule has 104 valence electrons. The average Bonchev–Trinajstić information content (AvgIpc) is 3.03. The monoisotopic (exact) mass is 279 g/mol. The Morgan fingerprint density at radius 2 is 2.47 bits per heavy atom. The van der Waals surface area contributed by atoms with Gasteiger partial charge in [0, 0.05) is 48.8 Å². The largest absolute Gasteiger partial charge is 0.381 e. The first-order valence-electron chi connectivity index (χ1n) is 6.89. The molecule has 2 aromatic rings. The standard InChI is InChI=1S/C14H21N3OS/c1-11(2)15-9-14(3-5-18-10-14)7-12-8-17-4-6-19-13(17)16-12/h4,6,8,11,15H,3,5,7,9-10H2,1-2H3. The summed E-state index contributed by atoms with van der Waals surface area (Å²) in [5.41, 5.74) is 1.40. The first kappa shape index (κ1) is 13.1. The van der Waals surface area contributed by atoms with Crippen molar-refractivity contribution in [2.24, 2.45) is 5.41 Å². The van der Waals surface area contributed by atoms with Gasteiger partial charge in [0.15, 0.2) is 4.96 Å². The topological polar surface area (TPSA) is 38.6 Å². The van der Waals surface area contributed by atoms with E-state index < -0.39 is 0 Å². The molecule has 2 aromatic heterocycles. The van der Waals surface area contributed by atoms with Crippen molar-refractivity contribution < 1.29 is 4.74 Å². The number of hydrogen-bond donors (Lipinski definition) is 1. The summed E-state index contributed by atoms with van der Waals surface area (Å²) in [5.74, 6) is 0. The first-order chi connectivity index (χ1) is 9.17. The lowest BCUT2D eigenvalue weighted by Gasteiger charge is -2.28. The van der Waals surface area contributed by atoms with Gasteiger partial charge in [-0.2, -0.15) is 0 Å². The van der Waals surface area contributed by atoms with Crippen LogP contribution in [0.3, 0.4) is 0 Å². The SMILES string of the molecule is CC(C)NCC1(Cc2cn3ccsc3n2)CCOC1. The number of aromatic nitrogens is 2. The number of ether oxygens (including phenoxy) is 1. The van der Waals surface area contributed by atoms with Crippen LogP contribution in [0.1, 0.15) is 26.0 Å². The molecule has 1 aliphatic heterocycles. The quantitative estimate of drug-likeness (QED) is 0.913. The van der Waals surface area contributed by atoms with Gasteiger partial charge in [-0.15, -0.1) is 11.3 Å². The Hall–Kier alpha value is -0.910. The summed E-state index contributed by atoms with van der Waals surface area (Å²) < 4.78 is 7.76. The second kappa shape index (κ2) is 5.23. The fraction of sp³-hybridized carbons (Fsp3) is 0.643. The molecular formula is C14H21N3OS. The van der Waals surface area contributed by atoms with Crippen molar-refractivity contribution in [3.05, 3.63) is 23.5 Å². The van der Waals surface area contributed by atoms with Crippen molar-refractivity contribution in [2.45, 2.75) is 32.7 Å². The van der Waals surface area contributed by atoms with Crippen LogP contribution in [0, 0.1) is 5.41 Å². The highest BCUT2D eigenvalue weighted by Crippen LogP contribution is 2.32. The number of fused-ring (bicyclic) bond motifs is 1. The number of imidazole rings is 1. The highest BCUT2D eigenvalue weighted by Gasteiger charge is 2.35. The van der Waals surface area contributed by atoms with Crippen LogP contribution < -0.4 is 5.32 Å². The van der Waals surface area contributed by atoms with E-state index in [0.29, 0.717) is 6.04 Å². The van der Waals surface area contributed by atoms with Crippen LogP contribution in [-0.2, 0) is 11.2 Å². The van der Waals surface area contributed by atoms with E-state index in [9.17, 15) is 0 Å². The normalized spacial score (nSPS) is 23.7. The molecule has 0 aromatic carbocycles. The fourth-order valence-corrected chi connectivity index (χ4v) is 3.38. The van der Waals surface area contributed by atoms with Crippen molar-refractivity contribution in [3.8, 4) is 0 Å². The van der Waals surface area contributed by atoms with E-state index in [1.165, 1.54) is 5.69 Å². The van der Waals surface area contributed by atoms with E-state index in [0.717, 1.165) is 37.6 Å². The summed E-state index contributed by atoms with van der Waals surface area (Å²) in [4.78, 5) is 5.79. The highest BCUT2D eigenvalue weighted by atomic mass is 32.1. The molecule has 0 aliphatic carbocycles. The Morgan fingerprint density at radius 1 is 1.58 bits per heavy atom. The van der Waals surface area contributed by atoms with Gasteiger partial charge in [-0.3, -0.25) is 4.40 Å². The van der Waals surface area contributed by atoms with Crippen molar-refractivity contribution in [3.63, 3.8) is 0 Å². The summed E-state index contributed by atoms with van der Waals surface area (Å²) in [7, 11) is 0. The molecule has 3 rings (SSSR count). The minimum Gasteiger partial charge on any atom is -0.381 e. The van der Waals surface area contributed by atoms with Gasteiger partial charge in [-0.1, -0.05) is 13.8 Å². The number of rotatable bonds is 5. The van der Waals surface area contributed by atoms with Crippen molar-refractivity contribution in [1.29, 1.82) is 0 Å². The number of thiazole rings is 1. The molecule has 0 radical (unpaired) electrons. The second-order valence-electron chi connectivity index (χ2n) is 5.84. The van der Waals surface area contributed by atoms with Crippen molar-refractivity contribution in [1.82, 2.24) is 14.7 Å². The molecular weight excluding hydrogens is 258 g/mol. The molecule has 1 unspecified atom stereocenters. The van der Waals surface area contributed by atoms with Crippen LogP contribution in [0.25, 0.3) is 4.96 Å². The van der Waals surface area contributed by atoms with Gasteiger partial charge >= 0.3 is 0 Å². The number of nitrogens with one attached hydrogen (secondary N) is 1. The molecule has 5 heteroatoms. The predicted molar refractivity (Wildman–Crippen MR) is 77.8 cm³/mol.